The fraction of sp³-hybridized carbons (Fsp3) is 0.759. The van der Waals surface area contributed by atoms with Crippen LogP contribution in [-0.2, 0) is 16.1 Å². The highest BCUT2D eigenvalue weighted by Crippen LogP contribution is 2.52. The van der Waals surface area contributed by atoms with Crippen LogP contribution in [0.3, 0.4) is 0 Å². The van der Waals surface area contributed by atoms with Gasteiger partial charge in [-0.15, -0.1) is 0 Å². The number of likely N-dealkylation sites (tertiary alicyclic amines) is 1. The van der Waals surface area contributed by atoms with Crippen molar-refractivity contribution in [1.29, 1.82) is 0 Å². The van der Waals surface area contributed by atoms with Gasteiger partial charge in [-0.1, -0.05) is 39.0 Å². The molecule has 1 saturated heterocycles. The van der Waals surface area contributed by atoms with Gasteiger partial charge in [0.05, 0.1) is 24.3 Å². The molecule has 1 amide bonds. The van der Waals surface area contributed by atoms with E-state index in [2.05, 4.69) is 6.92 Å². The van der Waals surface area contributed by atoms with Crippen LogP contribution in [0.5, 0.6) is 0 Å². The van der Waals surface area contributed by atoms with Crippen molar-refractivity contribution >= 4 is 11.9 Å². The highest BCUT2D eigenvalue weighted by molar-refractivity contribution is 5.91. The third-order valence-electron chi connectivity index (χ3n) is 9.58. The van der Waals surface area contributed by atoms with Crippen molar-refractivity contribution in [2.75, 3.05) is 19.7 Å². The van der Waals surface area contributed by atoms with E-state index in [1.165, 1.54) is 23.8 Å². The maximum absolute atomic E-state index is 13.4. The van der Waals surface area contributed by atoms with Gasteiger partial charge in [0, 0.05) is 36.7 Å². The first-order valence-corrected chi connectivity index (χ1v) is 14.2. The van der Waals surface area contributed by atoms with Crippen LogP contribution in [0.25, 0.3) is 0 Å². The molecule has 1 unspecified atom stereocenters. The molecule has 1 spiro atoms. The van der Waals surface area contributed by atoms with Crippen LogP contribution < -0.4 is 5.56 Å². The lowest BCUT2D eigenvalue weighted by molar-refractivity contribution is -0.163. The van der Waals surface area contributed by atoms with Crippen LogP contribution in [0.4, 0.5) is 0 Å². The number of aromatic nitrogens is 1. The molecule has 198 valence electrons. The molecule has 3 saturated carbocycles. The Hall–Kier alpha value is -2.15. The maximum Gasteiger partial charge on any atom is 0.339 e. The van der Waals surface area contributed by atoms with Gasteiger partial charge < -0.3 is 19.3 Å². The van der Waals surface area contributed by atoms with Gasteiger partial charge in [0.15, 0.2) is 0 Å². The Balaban J connectivity index is 1.38. The summed E-state index contributed by atoms with van der Waals surface area (Å²) in [6.45, 7) is 5.31. The fourth-order valence-corrected chi connectivity index (χ4v) is 7.03. The molecule has 1 aromatic heterocycles. The second-order valence-corrected chi connectivity index (χ2v) is 12.1. The number of piperidine rings is 1. The Bertz CT molecular complexity index is 1050. The van der Waals surface area contributed by atoms with Crippen LogP contribution in [0, 0.1) is 17.3 Å². The predicted molar refractivity (Wildman–Crippen MR) is 137 cm³/mol. The lowest BCUT2D eigenvalue weighted by atomic mass is 9.65. The van der Waals surface area contributed by atoms with E-state index in [1.54, 1.807) is 19.2 Å². The number of esters is 1. The smallest absolute Gasteiger partial charge is 0.339 e. The summed E-state index contributed by atoms with van der Waals surface area (Å²) < 4.78 is 6.81. The minimum absolute atomic E-state index is 0.0182. The molecule has 0 bridgehead atoms. The summed E-state index contributed by atoms with van der Waals surface area (Å²) >= 11 is 0. The van der Waals surface area contributed by atoms with E-state index in [0.717, 1.165) is 50.5 Å². The van der Waals surface area contributed by atoms with E-state index in [4.69, 9.17) is 4.74 Å². The number of hydrogen-bond donors (Lipinski definition) is 1. The van der Waals surface area contributed by atoms with Crippen molar-refractivity contribution in [3.8, 4) is 0 Å². The molecular weight excluding hydrogens is 456 g/mol. The molecule has 2 atom stereocenters. The third kappa shape index (κ3) is 4.75. The number of aliphatic hydroxyl groups is 1. The van der Waals surface area contributed by atoms with Gasteiger partial charge in [0.1, 0.15) is 0 Å². The fourth-order valence-electron chi connectivity index (χ4n) is 7.03. The summed E-state index contributed by atoms with van der Waals surface area (Å²) in [5.41, 5.74) is -0.484. The Morgan fingerprint density at radius 1 is 1.14 bits per heavy atom. The third-order valence-corrected chi connectivity index (χ3v) is 9.58. The summed E-state index contributed by atoms with van der Waals surface area (Å²) in [6.07, 6.45) is 12.5. The maximum atomic E-state index is 13.4. The zero-order valence-corrected chi connectivity index (χ0v) is 22.0. The first-order valence-electron chi connectivity index (χ1n) is 14.2. The minimum atomic E-state index is -1.10. The normalized spacial score (nSPS) is 26.6. The molecule has 7 nitrogen and oxygen atoms in total. The van der Waals surface area contributed by atoms with E-state index in [0.29, 0.717) is 31.0 Å². The molecule has 2 heterocycles. The average Bonchev–Trinajstić information content (AvgIpc) is 3.57. The van der Waals surface area contributed by atoms with Crippen molar-refractivity contribution < 1.29 is 19.4 Å². The summed E-state index contributed by atoms with van der Waals surface area (Å²) in [6, 6.07) is 1.58. The first kappa shape index (κ1) is 25.5. The Morgan fingerprint density at radius 2 is 1.86 bits per heavy atom. The standard InChI is InChI=1S/C29H42N2O5/c1-3-36-27(34)24-17-31(25(32)16-23(24)22-9-10-22)19-29(35)13-14-30(18-28(29)11-4-5-12-28)26(33)20(2)15-21-7-6-8-21/h16-17,20-22,35H,3-15,18-19H2,1-2H3/t20-,29?/m1/s1. The first-order chi connectivity index (χ1) is 17.2. The zero-order valence-electron chi connectivity index (χ0n) is 22.0. The van der Waals surface area contributed by atoms with Crippen LogP contribution in [0.15, 0.2) is 17.1 Å². The quantitative estimate of drug-likeness (QED) is 0.541. The molecule has 36 heavy (non-hydrogen) atoms. The summed E-state index contributed by atoms with van der Waals surface area (Å²) in [5, 5.41) is 12.1. The second-order valence-electron chi connectivity index (χ2n) is 12.1. The molecule has 1 aromatic rings. The van der Waals surface area contributed by atoms with Crippen LogP contribution in [-0.4, -0.2) is 51.7 Å². The van der Waals surface area contributed by atoms with E-state index in [9.17, 15) is 19.5 Å². The van der Waals surface area contributed by atoms with Crippen LogP contribution >= 0.6 is 0 Å². The van der Waals surface area contributed by atoms with E-state index < -0.39 is 17.0 Å². The predicted octanol–water partition coefficient (Wildman–Crippen LogP) is 4.25. The van der Waals surface area contributed by atoms with Gasteiger partial charge in [-0.25, -0.2) is 4.79 Å². The molecule has 1 aliphatic heterocycles. The van der Waals surface area contributed by atoms with Gasteiger partial charge in [0.2, 0.25) is 5.91 Å². The van der Waals surface area contributed by atoms with Crippen molar-refractivity contribution in [3.05, 3.63) is 33.7 Å². The van der Waals surface area contributed by atoms with E-state index in [-0.39, 0.29) is 36.5 Å². The number of pyridine rings is 1. The van der Waals surface area contributed by atoms with Crippen molar-refractivity contribution in [3.63, 3.8) is 0 Å². The topological polar surface area (TPSA) is 88.8 Å². The number of hydrogen-bond acceptors (Lipinski definition) is 5. The van der Waals surface area contributed by atoms with Gasteiger partial charge in [-0.2, -0.15) is 0 Å². The highest BCUT2D eigenvalue weighted by Gasteiger charge is 2.56. The molecule has 3 aliphatic carbocycles. The minimum Gasteiger partial charge on any atom is -0.462 e. The molecule has 4 fully saturated rings. The zero-order chi connectivity index (χ0) is 25.5. The molecule has 4 aliphatic rings. The number of ether oxygens (including phenoxy) is 1. The molecule has 0 aromatic carbocycles. The van der Waals surface area contributed by atoms with Gasteiger partial charge in [-0.3, -0.25) is 9.59 Å². The lowest BCUT2D eigenvalue weighted by Gasteiger charge is -2.53. The Labute approximate surface area is 214 Å². The van der Waals surface area contributed by atoms with Crippen LogP contribution in [0.2, 0.25) is 0 Å². The highest BCUT2D eigenvalue weighted by atomic mass is 16.5. The average molecular weight is 499 g/mol. The molecule has 7 heteroatoms. The van der Waals surface area contributed by atoms with E-state index >= 15 is 0 Å². The SMILES string of the molecule is CCOC(=O)c1cn(CC2(O)CCN(C(=O)[C@H](C)CC3CCC3)CC23CCCC3)c(=O)cc1C1CC1. The monoisotopic (exact) mass is 498 g/mol. The summed E-state index contributed by atoms with van der Waals surface area (Å²) in [5.74, 6) is 0.754. The van der Waals surface area contributed by atoms with Crippen molar-refractivity contribution in [2.45, 2.75) is 103 Å². The summed E-state index contributed by atoms with van der Waals surface area (Å²) in [4.78, 5) is 41.2. The van der Waals surface area contributed by atoms with Crippen LogP contribution in [0.1, 0.15) is 106 Å². The van der Waals surface area contributed by atoms with Crippen molar-refractivity contribution in [2.24, 2.45) is 17.3 Å². The van der Waals surface area contributed by atoms with Gasteiger partial charge in [0.25, 0.3) is 5.56 Å². The number of carbonyl (C=O) groups excluding carboxylic acids is 2. The molecular formula is C29H42N2O5. The molecule has 0 radical (unpaired) electrons. The Kier molecular flexibility index (Phi) is 7.05. The summed E-state index contributed by atoms with van der Waals surface area (Å²) in [7, 11) is 0. The number of amides is 1. The number of carbonyl (C=O) groups is 2. The largest absolute Gasteiger partial charge is 0.462 e. The number of rotatable bonds is 8. The Morgan fingerprint density at radius 3 is 2.47 bits per heavy atom. The van der Waals surface area contributed by atoms with Crippen molar-refractivity contribution in [1.82, 2.24) is 9.47 Å². The lowest BCUT2D eigenvalue weighted by Crippen LogP contribution is -2.62. The molecule has 1 N–H and O–H groups in total. The van der Waals surface area contributed by atoms with Gasteiger partial charge >= 0.3 is 5.97 Å². The second kappa shape index (κ2) is 9.96. The number of nitrogens with zero attached hydrogens (tertiary/aromatic N) is 2. The van der Waals surface area contributed by atoms with E-state index in [1.807, 2.05) is 4.90 Å². The molecule has 5 rings (SSSR count). The van der Waals surface area contributed by atoms with Gasteiger partial charge in [-0.05, 0) is 62.8 Å².